The maximum Gasteiger partial charge on any atom is 0.253 e. The highest BCUT2D eigenvalue weighted by atomic mass is 32.2. The zero-order valence-electron chi connectivity index (χ0n) is 17.3. The summed E-state index contributed by atoms with van der Waals surface area (Å²) < 4.78 is 27.8. The summed E-state index contributed by atoms with van der Waals surface area (Å²) in [4.78, 5) is 27.0. The second-order valence-electron chi connectivity index (χ2n) is 7.97. The van der Waals surface area contributed by atoms with Gasteiger partial charge in [0.2, 0.25) is 15.9 Å². The Kier molecular flexibility index (Phi) is 6.95. The van der Waals surface area contributed by atoms with Gasteiger partial charge in [-0.05, 0) is 57.7 Å². The molecule has 0 radical (unpaired) electrons. The number of carbonyl (C=O) groups is 2. The first-order valence-electron chi connectivity index (χ1n) is 10.5. The lowest BCUT2D eigenvalue weighted by molar-refractivity contribution is -0.126. The summed E-state index contributed by atoms with van der Waals surface area (Å²) in [5, 5.41) is 2.82. The molecule has 0 spiro atoms. The van der Waals surface area contributed by atoms with Crippen LogP contribution in [0.4, 0.5) is 0 Å². The number of hydrogen-bond donors (Lipinski definition) is 1. The van der Waals surface area contributed by atoms with Crippen LogP contribution in [-0.2, 0) is 14.8 Å². The van der Waals surface area contributed by atoms with E-state index in [0.717, 1.165) is 32.1 Å². The molecule has 2 saturated heterocycles. The number of benzene rings is 1. The third-order valence-electron chi connectivity index (χ3n) is 5.86. The van der Waals surface area contributed by atoms with E-state index in [4.69, 9.17) is 0 Å². The van der Waals surface area contributed by atoms with Crippen LogP contribution in [0.15, 0.2) is 29.2 Å². The maximum atomic E-state index is 13.1. The largest absolute Gasteiger partial charge is 0.356 e. The zero-order chi connectivity index (χ0) is 21.0. The van der Waals surface area contributed by atoms with Crippen molar-refractivity contribution in [2.45, 2.75) is 56.9 Å². The molecule has 1 aromatic rings. The Hall–Kier alpha value is -1.93. The Morgan fingerprint density at radius 3 is 2.66 bits per heavy atom. The monoisotopic (exact) mass is 421 g/mol. The Morgan fingerprint density at radius 1 is 1.14 bits per heavy atom. The van der Waals surface area contributed by atoms with Gasteiger partial charge in [-0.1, -0.05) is 12.5 Å². The summed E-state index contributed by atoms with van der Waals surface area (Å²) in [6.45, 7) is 5.83. The molecule has 2 fully saturated rings. The van der Waals surface area contributed by atoms with Crippen molar-refractivity contribution < 1.29 is 18.0 Å². The van der Waals surface area contributed by atoms with Crippen molar-refractivity contribution in [3.05, 3.63) is 29.8 Å². The van der Waals surface area contributed by atoms with Crippen LogP contribution in [0.2, 0.25) is 0 Å². The molecule has 2 atom stereocenters. The number of hydrogen-bond acceptors (Lipinski definition) is 4. The lowest BCUT2D eigenvalue weighted by Crippen LogP contribution is -2.45. The fourth-order valence-electron chi connectivity index (χ4n) is 4.23. The van der Waals surface area contributed by atoms with Gasteiger partial charge in [0.05, 0.1) is 10.8 Å². The molecule has 29 heavy (non-hydrogen) atoms. The minimum atomic E-state index is -3.63. The molecule has 8 heteroatoms. The number of nitrogens with zero attached hydrogens (tertiary/aromatic N) is 2. The van der Waals surface area contributed by atoms with Gasteiger partial charge in [0, 0.05) is 37.8 Å². The van der Waals surface area contributed by atoms with Crippen molar-refractivity contribution in [2.75, 3.05) is 26.2 Å². The molecule has 7 nitrogen and oxygen atoms in total. The van der Waals surface area contributed by atoms with Crippen LogP contribution in [0.5, 0.6) is 0 Å². The van der Waals surface area contributed by atoms with Crippen molar-refractivity contribution in [2.24, 2.45) is 5.92 Å². The summed E-state index contributed by atoms with van der Waals surface area (Å²) in [6.07, 6.45) is 4.27. The molecule has 160 valence electrons. The summed E-state index contributed by atoms with van der Waals surface area (Å²) >= 11 is 0. The topological polar surface area (TPSA) is 86.8 Å². The highest BCUT2D eigenvalue weighted by molar-refractivity contribution is 7.89. The number of nitrogens with one attached hydrogen (secondary N) is 1. The second-order valence-corrected chi connectivity index (χ2v) is 9.86. The van der Waals surface area contributed by atoms with Gasteiger partial charge in [-0.15, -0.1) is 0 Å². The summed E-state index contributed by atoms with van der Waals surface area (Å²) in [5.74, 6) is -0.461. The SMILES string of the molecule is CCNC(=O)C1CCCN(C(=O)c2cccc(S(=O)(=O)N3CCCCC3C)c2)C1. The number of piperidine rings is 2. The minimum Gasteiger partial charge on any atom is -0.356 e. The standard InChI is InChI=1S/C21H31N3O4S/c1-3-22-20(25)18-10-7-12-23(15-18)21(26)17-9-6-11-19(14-17)29(27,28)24-13-5-4-8-16(24)2/h6,9,11,14,16,18H,3-5,7-8,10,12-13,15H2,1-2H3,(H,22,25). The fraction of sp³-hybridized carbons (Fsp3) is 0.619. The number of rotatable bonds is 5. The van der Waals surface area contributed by atoms with Gasteiger partial charge in [-0.2, -0.15) is 4.31 Å². The van der Waals surface area contributed by atoms with Gasteiger partial charge >= 0.3 is 0 Å². The maximum absolute atomic E-state index is 13.1. The van der Waals surface area contributed by atoms with Crippen LogP contribution < -0.4 is 5.32 Å². The highest BCUT2D eigenvalue weighted by Gasteiger charge is 2.32. The zero-order valence-corrected chi connectivity index (χ0v) is 18.1. The predicted molar refractivity (Wildman–Crippen MR) is 111 cm³/mol. The molecule has 2 unspecified atom stereocenters. The third-order valence-corrected chi connectivity index (χ3v) is 7.87. The predicted octanol–water partition coefficient (Wildman–Crippen LogP) is 2.24. The Balaban J connectivity index is 1.78. The first kappa shape index (κ1) is 21.8. The van der Waals surface area contributed by atoms with E-state index < -0.39 is 10.0 Å². The molecule has 3 rings (SSSR count). The van der Waals surface area contributed by atoms with E-state index in [-0.39, 0.29) is 28.7 Å². The quantitative estimate of drug-likeness (QED) is 0.790. The third kappa shape index (κ3) is 4.80. The van der Waals surface area contributed by atoms with Crippen LogP contribution in [-0.4, -0.2) is 61.7 Å². The lowest BCUT2D eigenvalue weighted by atomic mass is 9.96. The van der Waals surface area contributed by atoms with E-state index in [1.54, 1.807) is 27.4 Å². The van der Waals surface area contributed by atoms with E-state index >= 15 is 0 Å². The molecule has 2 aliphatic rings. The molecule has 2 amide bonds. The van der Waals surface area contributed by atoms with Crippen LogP contribution in [0, 0.1) is 5.92 Å². The molecule has 0 saturated carbocycles. The van der Waals surface area contributed by atoms with Crippen molar-refractivity contribution in [3.8, 4) is 0 Å². The van der Waals surface area contributed by atoms with Crippen LogP contribution >= 0.6 is 0 Å². The van der Waals surface area contributed by atoms with Crippen molar-refractivity contribution in [1.29, 1.82) is 0 Å². The molecule has 2 aliphatic heterocycles. The first-order chi connectivity index (χ1) is 13.8. The Labute approximate surface area is 173 Å². The van der Waals surface area contributed by atoms with Crippen LogP contribution in [0.1, 0.15) is 56.3 Å². The van der Waals surface area contributed by atoms with Crippen molar-refractivity contribution >= 4 is 21.8 Å². The van der Waals surface area contributed by atoms with E-state index in [1.807, 2.05) is 13.8 Å². The Morgan fingerprint density at radius 2 is 1.93 bits per heavy atom. The highest BCUT2D eigenvalue weighted by Crippen LogP contribution is 2.26. The van der Waals surface area contributed by atoms with Crippen molar-refractivity contribution in [1.82, 2.24) is 14.5 Å². The molecule has 0 bridgehead atoms. The average molecular weight is 422 g/mol. The molecule has 1 N–H and O–H groups in total. The Bertz CT molecular complexity index is 855. The molecule has 2 heterocycles. The van der Waals surface area contributed by atoms with Crippen LogP contribution in [0.3, 0.4) is 0 Å². The van der Waals surface area contributed by atoms with Gasteiger partial charge in [-0.25, -0.2) is 8.42 Å². The van der Waals surface area contributed by atoms with Crippen LogP contribution in [0.25, 0.3) is 0 Å². The van der Waals surface area contributed by atoms with Gasteiger partial charge in [0.25, 0.3) is 5.91 Å². The van der Waals surface area contributed by atoms with Gasteiger partial charge in [0.1, 0.15) is 0 Å². The molecular formula is C21H31N3O4S. The average Bonchev–Trinajstić information content (AvgIpc) is 2.74. The summed E-state index contributed by atoms with van der Waals surface area (Å²) in [5.41, 5.74) is 0.354. The first-order valence-corrected chi connectivity index (χ1v) is 12.0. The minimum absolute atomic E-state index is 0.0274. The van der Waals surface area contributed by atoms with E-state index in [9.17, 15) is 18.0 Å². The molecule has 0 aliphatic carbocycles. The number of sulfonamides is 1. The molecule has 0 aromatic heterocycles. The number of likely N-dealkylation sites (tertiary alicyclic amines) is 1. The van der Waals surface area contributed by atoms with Gasteiger partial charge in [-0.3, -0.25) is 9.59 Å². The van der Waals surface area contributed by atoms with Crippen molar-refractivity contribution in [3.63, 3.8) is 0 Å². The fourth-order valence-corrected chi connectivity index (χ4v) is 5.98. The van der Waals surface area contributed by atoms with E-state index in [1.165, 1.54) is 6.07 Å². The smallest absolute Gasteiger partial charge is 0.253 e. The van der Waals surface area contributed by atoms with Gasteiger partial charge in [0.15, 0.2) is 0 Å². The molecular weight excluding hydrogens is 390 g/mol. The normalized spacial score (nSPS) is 23.6. The van der Waals surface area contributed by atoms with Gasteiger partial charge < -0.3 is 10.2 Å². The summed E-state index contributed by atoms with van der Waals surface area (Å²) in [6, 6.07) is 6.28. The van der Waals surface area contributed by atoms with E-state index in [0.29, 0.717) is 31.7 Å². The lowest BCUT2D eigenvalue weighted by Gasteiger charge is -2.33. The summed E-state index contributed by atoms with van der Waals surface area (Å²) in [7, 11) is -3.63. The number of carbonyl (C=O) groups excluding carboxylic acids is 2. The molecule has 1 aromatic carbocycles. The number of amides is 2. The second kappa shape index (κ2) is 9.26. The van der Waals surface area contributed by atoms with E-state index in [2.05, 4.69) is 5.32 Å².